The first-order valence-electron chi connectivity index (χ1n) is 13.6. The summed E-state index contributed by atoms with van der Waals surface area (Å²) in [5, 5.41) is 11.2. The van der Waals surface area contributed by atoms with Crippen molar-refractivity contribution in [1.82, 2.24) is 0 Å². The standard InChI is InChI=1S/C30H42O9Si/c1-28(2,3)40(7,8)39-34-19-23-24-25(38-29(4,5)37-24)26(30(6,32)36-23)35-27(31)21-14-16-22(17-15-21)33-18-20-12-10-9-11-13-20/h9-17,23-26,32H,18-19H2,1-8H3/t23-,24+,25+,26-,30-/m1/s1. The monoisotopic (exact) mass is 574 g/mol. The minimum Gasteiger partial charge on any atom is -0.489 e. The number of carbonyl (C=O) groups is 1. The van der Waals surface area contributed by atoms with E-state index in [0.717, 1.165) is 5.56 Å². The molecule has 2 aromatic rings. The molecular formula is C30H42O9Si. The quantitative estimate of drug-likeness (QED) is 0.183. The molecule has 2 aromatic carbocycles. The summed E-state index contributed by atoms with van der Waals surface area (Å²) in [6.07, 6.45) is -3.33. The van der Waals surface area contributed by atoms with Gasteiger partial charge in [0.2, 0.25) is 14.1 Å². The van der Waals surface area contributed by atoms with Crippen LogP contribution in [0.3, 0.4) is 0 Å². The molecule has 4 rings (SSSR count). The minimum atomic E-state index is -2.18. The van der Waals surface area contributed by atoms with Gasteiger partial charge >= 0.3 is 5.97 Å². The molecule has 2 aliphatic rings. The highest BCUT2D eigenvalue weighted by molar-refractivity contribution is 6.73. The SMILES string of the molecule is CC1(C)O[C@@H]2[C@H](O1)[C@@H](OC(=O)c1ccc(OCc3ccccc3)cc1)[C@](C)(O)O[C@@H]2COO[Si](C)(C)C(C)(C)C. The van der Waals surface area contributed by atoms with Gasteiger partial charge in [-0.05, 0) is 68.7 Å². The van der Waals surface area contributed by atoms with Gasteiger partial charge in [0.25, 0.3) is 0 Å². The Balaban J connectivity index is 1.41. The van der Waals surface area contributed by atoms with Crippen LogP contribution < -0.4 is 4.74 Å². The predicted molar refractivity (Wildman–Crippen MR) is 150 cm³/mol. The van der Waals surface area contributed by atoms with Crippen LogP contribution >= 0.6 is 0 Å². The Hall–Kier alpha value is -2.31. The third kappa shape index (κ3) is 7.11. The Morgan fingerprint density at radius 3 is 2.20 bits per heavy atom. The van der Waals surface area contributed by atoms with E-state index in [1.165, 1.54) is 6.92 Å². The summed E-state index contributed by atoms with van der Waals surface area (Å²) in [7, 11) is -2.18. The Labute approximate surface area is 237 Å². The summed E-state index contributed by atoms with van der Waals surface area (Å²) >= 11 is 0. The van der Waals surface area contributed by atoms with Gasteiger partial charge in [0.1, 0.15) is 37.3 Å². The molecule has 0 radical (unpaired) electrons. The lowest BCUT2D eigenvalue weighted by atomic mass is 9.93. The number of aliphatic hydroxyl groups is 1. The molecule has 0 amide bonds. The second-order valence-corrected chi connectivity index (χ2v) is 17.2. The van der Waals surface area contributed by atoms with E-state index in [2.05, 4.69) is 33.9 Å². The molecule has 0 aliphatic carbocycles. The summed E-state index contributed by atoms with van der Waals surface area (Å²) in [6.45, 7) is 15.9. The zero-order chi connectivity index (χ0) is 29.3. The highest BCUT2D eigenvalue weighted by atomic mass is 28.4. The van der Waals surface area contributed by atoms with E-state index in [1.807, 2.05) is 30.3 Å². The molecule has 1 N–H and O–H groups in total. The largest absolute Gasteiger partial charge is 0.489 e. The smallest absolute Gasteiger partial charge is 0.338 e. The van der Waals surface area contributed by atoms with Crippen molar-refractivity contribution in [1.29, 1.82) is 0 Å². The van der Waals surface area contributed by atoms with Crippen LogP contribution in [-0.4, -0.2) is 62.0 Å². The van der Waals surface area contributed by atoms with Crippen molar-refractivity contribution in [3.8, 4) is 5.75 Å². The Kier molecular flexibility index (Phi) is 8.82. The first kappa shape index (κ1) is 30.6. The number of ether oxygens (including phenoxy) is 5. The molecule has 0 aromatic heterocycles. The van der Waals surface area contributed by atoms with Crippen LogP contribution in [0.1, 0.15) is 57.5 Å². The normalized spacial score (nSPS) is 28.1. The van der Waals surface area contributed by atoms with Gasteiger partial charge < -0.3 is 28.8 Å². The minimum absolute atomic E-state index is 0.00831. The third-order valence-electron chi connectivity index (χ3n) is 7.62. The van der Waals surface area contributed by atoms with Gasteiger partial charge in [-0.2, -0.15) is 0 Å². The molecular weight excluding hydrogens is 532 g/mol. The van der Waals surface area contributed by atoms with Gasteiger partial charge in [-0.25, -0.2) is 9.68 Å². The highest BCUT2D eigenvalue weighted by Crippen LogP contribution is 2.42. The number of hydrogen-bond acceptors (Lipinski definition) is 9. The van der Waals surface area contributed by atoms with Gasteiger partial charge in [0, 0.05) is 0 Å². The lowest BCUT2D eigenvalue weighted by Crippen LogP contribution is -2.64. The van der Waals surface area contributed by atoms with Crippen molar-refractivity contribution < 1.29 is 43.0 Å². The van der Waals surface area contributed by atoms with Gasteiger partial charge in [0.05, 0.1) is 5.56 Å². The lowest BCUT2D eigenvalue weighted by Gasteiger charge is -2.45. The first-order chi connectivity index (χ1) is 18.6. The van der Waals surface area contributed by atoms with Gasteiger partial charge in [-0.3, -0.25) is 4.58 Å². The highest BCUT2D eigenvalue weighted by Gasteiger charge is 2.61. The summed E-state index contributed by atoms with van der Waals surface area (Å²) in [6, 6.07) is 16.4. The molecule has 2 saturated heterocycles. The number of carbonyl (C=O) groups excluding carboxylic acids is 1. The number of benzene rings is 2. The van der Waals surface area contributed by atoms with E-state index in [1.54, 1.807) is 38.1 Å². The maximum Gasteiger partial charge on any atom is 0.338 e. The summed E-state index contributed by atoms with van der Waals surface area (Å²) in [5.41, 5.74) is 1.34. The molecule has 5 atom stereocenters. The Morgan fingerprint density at radius 1 is 0.950 bits per heavy atom. The lowest BCUT2D eigenvalue weighted by molar-refractivity contribution is -0.343. The number of hydrogen-bond donors (Lipinski definition) is 1. The summed E-state index contributed by atoms with van der Waals surface area (Å²) in [5.74, 6) is -2.87. The van der Waals surface area contributed by atoms with Crippen LogP contribution in [0, 0.1) is 0 Å². The molecule has 10 heteroatoms. The second kappa shape index (κ2) is 11.5. The van der Waals surface area contributed by atoms with Crippen LogP contribution in [0.25, 0.3) is 0 Å². The molecule has 0 spiro atoms. The fourth-order valence-corrected chi connectivity index (χ4v) is 4.99. The van der Waals surface area contributed by atoms with Crippen LogP contribution in [0.2, 0.25) is 18.1 Å². The molecule has 2 fully saturated rings. The molecule has 220 valence electrons. The van der Waals surface area contributed by atoms with Crippen LogP contribution in [0.15, 0.2) is 54.6 Å². The molecule has 40 heavy (non-hydrogen) atoms. The average molecular weight is 575 g/mol. The Bertz CT molecular complexity index is 1140. The first-order valence-corrected chi connectivity index (χ1v) is 16.5. The van der Waals surface area contributed by atoms with E-state index < -0.39 is 50.3 Å². The maximum atomic E-state index is 13.1. The topological polar surface area (TPSA) is 102 Å². The van der Waals surface area contributed by atoms with Crippen LogP contribution in [0.4, 0.5) is 0 Å². The van der Waals surface area contributed by atoms with Crippen molar-refractivity contribution in [2.24, 2.45) is 0 Å². The number of fused-ring (bicyclic) bond motifs is 1. The van der Waals surface area contributed by atoms with Crippen molar-refractivity contribution in [3.05, 3.63) is 65.7 Å². The Morgan fingerprint density at radius 2 is 1.57 bits per heavy atom. The molecule has 0 bridgehead atoms. The van der Waals surface area contributed by atoms with Crippen LogP contribution in [-0.2, 0) is 35.0 Å². The molecule has 0 saturated carbocycles. The molecule has 9 nitrogen and oxygen atoms in total. The molecule has 0 unspecified atom stereocenters. The maximum absolute atomic E-state index is 13.1. The fraction of sp³-hybridized carbons (Fsp3) is 0.567. The van der Waals surface area contributed by atoms with E-state index in [4.69, 9.17) is 33.1 Å². The average Bonchev–Trinajstić information content (AvgIpc) is 3.20. The van der Waals surface area contributed by atoms with Gasteiger partial charge in [0.15, 0.2) is 11.9 Å². The zero-order valence-corrected chi connectivity index (χ0v) is 25.6. The van der Waals surface area contributed by atoms with E-state index in [9.17, 15) is 9.90 Å². The van der Waals surface area contributed by atoms with Crippen LogP contribution in [0.5, 0.6) is 5.75 Å². The van der Waals surface area contributed by atoms with Crippen molar-refractivity contribution in [2.75, 3.05) is 6.61 Å². The summed E-state index contributed by atoms with van der Waals surface area (Å²) in [4.78, 5) is 18.8. The second-order valence-electron chi connectivity index (χ2n) is 12.5. The zero-order valence-electron chi connectivity index (χ0n) is 24.6. The van der Waals surface area contributed by atoms with Gasteiger partial charge in [-0.15, -0.1) is 0 Å². The van der Waals surface area contributed by atoms with Crippen molar-refractivity contribution in [2.45, 2.75) is 102 Å². The number of rotatable bonds is 9. The van der Waals surface area contributed by atoms with Gasteiger partial charge in [-0.1, -0.05) is 51.1 Å². The third-order valence-corrected chi connectivity index (χ3v) is 11.8. The molecule has 2 heterocycles. The number of esters is 1. The van der Waals surface area contributed by atoms with E-state index in [0.29, 0.717) is 17.9 Å². The summed E-state index contributed by atoms with van der Waals surface area (Å²) < 4.78 is 35.7. The van der Waals surface area contributed by atoms with E-state index in [-0.39, 0.29) is 11.6 Å². The van der Waals surface area contributed by atoms with Crippen molar-refractivity contribution >= 4 is 14.3 Å². The predicted octanol–water partition coefficient (Wildman–Crippen LogP) is 5.37. The molecule has 2 aliphatic heterocycles. The van der Waals surface area contributed by atoms with Crippen molar-refractivity contribution in [3.63, 3.8) is 0 Å². The van der Waals surface area contributed by atoms with E-state index >= 15 is 0 Å². The fourth-order valence-electron chi connectivity index (χ4n) is 4.37.